The van der Waals surface area contributed by atoms with E-state index in [9.17, 15) is 9.59 Å². The number of H-pyrrole nitrogens is 1. The predicted octanol–water partition coefficient (Wildman–Crippen LogP) is 0.909. The minimum absolute atomic E-state index is 0.00837. The van der Waals surface area contributed by atoms with E-state index in [0.717, 1.165) is 5.56 Å². The Kier molecular flexibility index (Phi) is 3.23. The Labute approximate surface area is 119 Å². The Morgan fingerprint density at radius 2 is 2.24 bits per heavy atom. The van der Waals surface area contributed by atoms with Gasteiger partial charge in [-0.25, -0.2) is 4.98 Å². The molecule has 7 nitrogen and oxygen atoms in total. The van der Waals surface area contributed by atoms with E-state index in [1.54, 1.807) is 36.8 Å². The Balaban J connectivity index is 1.92. The van der Waals surface area contributed by atoms with Crippen LogP contribution in [0.5, 0.6) is 0 Å². The first-order valence-corrected chi connectivity index (χ1v) is 6.43. The number of fused-ring (bicyclic) bond motifs is 1. The van der Waals surface area contributed by atoms with E-state index in [4.69, 9.17) is 0 Å². The molecule has 3 aromatic rings. The molecule has 2 N–H and O–H groups in total. The lowest BCUT2D eigenvalue weighted by Gasteiger charge is -2.11. The van der Waals surface area contributed by atoms with Gasteiger partial charge >= 0.3 is 0 Å². The van der Waals surface area contributed by atoms with E-state index < -0.39 is 11.5 Å². The van der Waals surface area contributed by atoms with Gasteiger partial charge in [0.25, 0.3) is 11.5 Å². The van der Waals surface area contributed by atoms with Gasteiger partial charge in [-0.1, -0.05) is 6.07 Å². The van der Waals surface area contributed by atoms with Gasteiger partial charge in [-0.2, -0.15) is 5.10 Å². The summed E-state index contributed by atoms with van der Waals surface area (Å²) in [6, 6.07) is 4.94. The molecule has 3 aromatic heterocycles. The molecule has 0 saturated heterocycles. The van der Waals surface area contributed by atoms with E-state index in [1.165, 1.54) is 10.6 Å². The third-order valence-electron chi connectivity index (χ3n) is 3.23. The molecule has 0 bridgehead atoms. The third kappa shape index (κ3) is 2.40. The fourth-order valence-electron chi connectivity index (χ4n) is 2.04. The number of aromatic nitrogens is 4. The summed E-state index contributed by atoms with van der Waals surface area (Å²) in [5.41, 5.74) is 0.950. The van der Waals surface area contributed by atoms with Crippen LogP contribution in [0, 0.1) is 0 Å². The standard InChI is InChI=1S/C14H13N5O2/c1-9(10-6-16-17-7-10)18-13(20)11-8-15-12-4-2-3-5-19(12)14(11)21/h2-9H,1H3,(H,16,17)(H,18,20). The van der Waals surface area contributed by atoms with Crippen LogP contribution in [0.4, 0.5) is 0 Å². The number of aromatic amines is 1. The second-order valence-corrected chi connectivity index (χ2v) is 4.63. The van der Waals surface area contributed by atoms with E-state index in [-0.39, 0.29) is 11.6 Å². The van der Waals surface area contributed by atoms with Crippen LogP contribution in [-0.4, -0.2) is 25.5 Å². The highest BCUT2D eigenvalue weighted by atomic mass is 16.2. The summed E-state index contributed by atoms with van der Waals surface area (Å²) in [4.78, 5) is 28.6. The van der Waals surface area contributed by atoms with Gasteiger partial charge < -0.3 is 5.32 Å². The van der Waals surface area contributed by atoms with E-state index in [0.29, 0.717) is 5.65 Å². The number of carbonyl (C=O) groups excluding carboxylic acids is 1. The maximum atomic E-state index is 12.3. The van der Waals surface area contributed by atoms with Gasteiger partial charge in [0.1, 0.15) is 11.2 Å². The van der Waals surface area contributed by atoms with Crippen LogP contribution in [0.2, 0.25) is 0 Å². The second kappa shape index (κ2) is 5.20. The van der Waals surface area contributed by atoms with Gasteiger partial charge in [-0.15, -0.1) is 0 Å². The molecule has 0 aliphatic rings. The van der Waals surface area contributed by atoms with Crippen molar-refractivity contribution in [3.8, 4) is 0 Å². The zero-order valence-electron chi connectivity index (χ0n) is 11.3. The van der Waals surface area contributed by atoms with E-state index in [2.05, 4.69) is 20.5 Å². The maximum Gasteiger partial charge on any atom is 0.270 e. The molecule has 1 atom stereocenters. The molecule has 0 aromatic carbocycles. The number of nitrogens with zero attached hydrogens (tertiary/aromatic N) is 3. The monoisotopic (exact) mass is 283 g/mol. The van der Waals surface area contributed by atoms with Crippen LogP contribution >= 0.6 is 0 Å². The SMILES string of the molecule is CC(NC(=O)c1cnc2ccccn2c1=O)c1cn[nH]c1. The summed E-state index contributed by atoms with van der Waals surface area (Å²) in [6.45, 7) is 1.81. The van der Waals surface area contributed by atoms with Crippen molar-refractivity contribution in [3.05, 3.63) is 64.5 Å². The smallest absolute Gasteiger partial charge is 0.270 e. The number of hydrogen-bond acceptors (Lipinski definition) is 4. The zero-order valence-corrected chi connectivity index (χ0v) is 11.3. The first-order valence-electron chi connectivity index (χ1n) is 6.43. The normalized spacial score (nSPS) is 12.2. The zero-order chi connectivity index (χ0) is 14.8. The molecule has 0 radical (unpaired) electrons. The van der Waals surface area contributed by atoms with Crippen LogP contribution in [-0.2, 0) is 0 Å². The predicted molar refractivity (Wildman–Crippen MR) is 75.9 cm³/mol. The van der Waals surface area contributed by atoms with Gasteiger partial charge in [0.05, 0.1) is 12.2 Å². The van der Waals surface area contributed by atoms with Crippen molar-refractivity contribution < 1.29 is 4.79 Å². The Hall–Kier alpha value is -2.96. The molecule has 7 heteroatoms. The molecular formula is C14H13N5O2. The van der Waals surface area contributed by atoms with Crippen molar-refractivity contribution in [1.82, 2.24) is 24.9 Å². The fourth-order valence-corrected chi connectivity index (χ4v) is 2.04. The molecule has 0 spiro atoms. The van der Waals surface area contributed by atoms with Crippen LogP contribution in [0.25, 0.3) is 5.65 Å². The summed E-state index contributed by atoms with van der Waals surface area (Å²) >= 11 is 0. The van der Waals surface area contributed by atoms with Gasteiger partial charge in [-0.3, -0.25) is 19.1 Å². The lowest BCUT2D eigenvalue weighted by molar-refractivity contribution is 0.0938. The first kappa shape index (κ1) is 13.0. The van der Waals surface area contributed by atoms with Crippen LogP contribution in [0.1, 0.15) is 28.9 Å². The minimum atomic E-state index is -0.459. The molecule has 0 fully saturated rings. The van der Waals surface area contributed by atoms with Crippen molar-refractivity contribution in [2.45, 2.75) is 13.0 Å². The topological polar surface area (TPSA) is 92.2 Å². The largest absolute Gasteiger partial charge is 0.345 e. The number of hydrogen-bond donors (Lipinski definition) is 2. The molecule has 3 rings (SSSR count). The highest BCUT2D eigenvalue weighted by Crippen LogP contribution is 2.09. The van der Waals surface area contributed by atoms with Gasteiger partial charge in [0.2, 0.25) is 0 Å². The summed E-state index contributed by atoms with van der Waals surface area (Å²) in [5.74, 6) is -0.459. The molecular weight excluding hydrogens is 270 g/mol. The molecule has 0 saturated carbocycles. The molecule has 1 amide bonds. The average Bonchev–Trinajstić information content (AvgIpc) is 3.02. The highest BCUT2D eigenvalue weighted by molar-refractivity contribution is 5.94. The van der Waals surface area contributed by atoms with Crippen molar-refractivity contribution in [2.75, 3.05) is 0 Å². The first-order chi connectivity index (χ1) is 10.2. The quantitative estimate of drug-likeness (QED) is 0.747. The lowest BCUT2D eigenvalue weighted by atomic mass is 10.2. The Morgan fingerprint density at radius 3 is 3.00 bits per heavy atom. The minimum Gasteiger partial charge on any atom is -0.345 e. The molecule has 0 aliphatic heterocycles. The van der Waals surface area contributed by atoms with Crippen molar-refractivity contribution in [3.63, 3.8) is 0 Å². The van der Waals surface area contributed by atoms with E-state index in [1.807, 2.05) is 6.92 Å². The van der Waals surface area contributed by atoms with Gasteiger partial charge in [0, 0.05) is 24.2 Å². The van der Waals surface area contributed by atoms with E-state index >= 15 is 0 Å². The highest BCUT2D eigenvalue weighted by Gasteiger charge is 2.16. The summed E-state index contributed by atoms with van der Waals surface area (Å²) in [6.07, 6.45) is 6.20. The van der Waals surface area contributed by atoms with Crippen LogP contribution in [0.15, 0.2) is 47.8 Å². The summed E-state index contributed by atoms with van der Waals surface area (Å²) in [5, 5.41) is 9.26. The number of nitrogens with one attached hydrogen (secondary N) is 2. The maximum absolute atomic E-state index is 12.3. The van der Waals surface area contributed by atoms with Crippen molar-refractivity contribution in [2.24, 2.45) is 0 Å². The number of pyridine rings is 1. The Bertz CT molecular complexity index is 838. The molecule has 106 valence electrons. The van der Waals surface area contributed by atoms with Crippen LogP contribution in [0.3, 0.4) is 0 Å². The molecule has 21 heavy (non-hydrogen) atoms. The summed E-state index contributed by atoms with van der Waals surface area (Å²) in [7, 11) is 0. The number of carbonyl (C=O) groups is 1. The number of amides is 1. The molecule has 3 heterocycles. The third-order valence-corrected chi connectivity index (χ3v) is 3.23. The summed E-state index contributed by atoms with van der Waals surface area (Å²) < 4.78 is 1.34. The van der Waals surface area contributed by atoms with Crippen molar-refractivity contribution in [1.29, 1.82) is 0 Å². The van der Waals surface area contributed by atoms with Crippen molar-refractivity contribution >= 4 is 11.6 Å². The molecule has 1 unspecified atom stereocenters. The lowest BCUT2D eigenvalue weighted by Crippen LogP contribution is -2.33. The van der Waals surface area contributed by atoms with Crippen LogP contribution < -0.4 is 10.9 Å². The number of rotatable bonds is 3. The molecule has 0 aliphatic carbocycles. The fraction of sp³-hybridized carbons (Fsp3) is 0.143. The van der Waals surface area contributed by atoms with Gasteiger partial charge in [-0.05, 0) is 19.1 Å². The van der Waals surface area contributed by atoms with Gasteiger partial charge in [0.15, 0.2) is 0 Å². The second-order valence-electron chi connectivity index (χ2n) is 4.63. The Morgan fingerprint density at radius 1 is 1.38 bits per heavy atom. The average molecular weight is 283 g/mol.